The van der Waals surface area contributed by atoms with Crippen molar-refractivity contribution in [2.24, 2.45) is 0 Å². The predicted molar refractivity (Wildman–Crippen MR) is 123 cm³/mol. The molecule has 1 aliphatic heterocycles. The number of hydrogen-bond acceptors (Lipinski definition) is 6. The van der Waals surface area contributed by atoms with E-state index in [9.17, 15) is 4.79 Å². The van der Waals surface area contributed by atoms with E-state index < -0.39 is 0 Å². The Morgan fingerprint density at radius 3 is 2.97 bits per heavy atom. The second-order valence-electron chi connectivity index (χ2n) is 8.31. The van der Waals surface area contributed by atoms with E-state index in [2.05, 4.69) is 37.0 Å². The van der Waals surface area contributed by atoms with Gasteiger partial charge in [0.15, 0.2) is 5.82 Å². The molecule has 1 amide bonds. The van der Waals surface area contributed by atoms with Gasteiger partial charge in [-0.1, -0.05) is 17.7 Å². The summed E-state index contributed by atoms with van der Waals surface area (Å²) < 4.78 is 4.48. The SMILES string of the molecule is C[C@@H]1CCc2nnc(-c3cccc(NC(=O)c4cc(-n5cnc(C6CC6)c5)sc4Cl)n3)n21. The monoisotopic (exact) mass is 465 g/mol. The Kier molecular flexibility index (Phi) is 4.62. The number of nitrogens with one attached hydrogen (secondary N) is 1. The molecule has 6 rings (SSSR count). The standard InChI is InChI=1S/C22H20ClN7OS/c1-12-5-8-18-27-28-21(30(12)18)15-3-2-4-17(25-15)26-22(31)14-9-19(32-20(14)23)29-10-16(24-11-29)13-6-7-13/h2-4,9-13H,5-8H2,1H3,(H,25,26,31)/t12-/m1/s1. The Morgan fingerprint density at radius 2 is 2.12 bits per heavy atom. The number of halogens is 1. The van der Waals surface area contributed by atoms with Crippen LogP contribution in [0.15, 0.2) is 36.8 Å². The van der Waals surface area contributed by atoms with Gasteiger partial charge in [0.05, 0.1) is 11.3 Å². The number of pyridine rings is 1. The number of imidazole rings is 1. The fraction of sp³-hybridized carbons (Fsp3) is 0.318. The maximum atomic E-state index is 13.0. The minimum absolute atomic E-state index is 0.301. The number of carbonyl (C=O) groups excluding carboxylic acids is 1. The van der Waals surface area contributed by atoms with Gasteiger partial charge < -0.3 is 9.88 Å². The van der Waals surface area contributed by atoms with Gasteiger partial charge in [0, 0.05) is 24.6 Å². The fourth-order valence-corrected chi connectivity index (χ4v) is 5.30. The molecule has 0 bridgehead atoms. The van der Waals surface area contributed by atoms with Gasteiger partial charge in [-0.3, -0.25) is 9.36 Å². The van der Waals surface area contributed by atoms with Crippen molar-refractivity contribution in [2.75, 3.05) is 5.32 Å². The molecule has 1 saturated carbocycles. The first kappa shape index (κ1) is 19.6. The van der Waals surface area contributed by atoms with Crippen molar-refractivity contribution >= 4 is 34.7 Å². The second-order valence-corrected chi connectivity index (χ2v) is 9.94. The van der Waals surface area contributed by atoms with Crippen molar-refractivity contribution < 1.29 is 4.79 Å². The number of aromatic nitrogens is 6. The first-order chi connectivity index (χ1) is 15.6. The molecule has 0 radical (unpaired) electrons. The molecule has 0 aromatic carbocycles. The number of hydrogen-bond donors (Lipinski definition) is 1. The molecular formula is C22H20ClN7OS. The molecule has 0 unspecified atom stereocenters. The van der Waals surface area contributed by atoms with Crippen LogP contribution in [0.1, 0.15) is 60.0 Å². The Balaban J connectivity index is 1.24. The van der Waals surface area contributed by atoms with Gasteiger partial charge in [-0.2, -0.15) is 0 Å². The lowest BCUT2D eigenvalue weighted by molar-refractivity contribution is 0.102. The average molecular weight is 466 g/mol. The normalized spacial score (nSPS) is 17.5. The Bertz CT molecular complexity index is 1340. The maximum Gasteiger partial charge on any atom is 0.259 e. The molecule has 5 heterocycles. The summed E-state index contributed by atoms with van der Waals surface area (Å²) in [6, 6.07) is 7.61. The first-order valence-electron chi connectivity index (χ1n) is 10.6. The molecule has 1 N–H and O–H groups in total. The number of rotatable bonds is 5. The predicted octanol–water partition coefficient (Wildman–Crippen LogP) is 4.88. The third-order valence-corrected chi connectivity index (χ3v) is 7.36. The number of nitrogens with zero attached hydrogens (tertiary/aromatic N) is 6. The number of carbonyl (C=O) groups is 1. The highest BCUT2D eigenvalue weighted by atomic mass is 35.5. The van der Waals surface area contributed by atoms with Crippen LogP contribution in [0.4, 0.5) is 5.82 Å². The number of amides is 1. The number of aryl methyl sites for hydroxylation is 1. The van der Waals surface area contributed by atoms with Crippen molar-refractivity contribution in [3.05, 3.63) is 58.2 Å². The van der Waals surface area contributed by atoms with Crippen LogP contribution in [0.5, 0.6) is 0 Å². The van der Waals surface area contributed by atoms with Crippen molar-refractivity contribution in [3.8, 4) is 16.5 Å². The molecule has 1 fully saturated rings. The highest BCUT2D eigenvalue weighted by Gasteiger charge is 2.27. The molecule has 32 heavy (non-hydrogen) atoms. The molecule has 4 aromatic rings. The van der Waals surface area contributed by atoms with Crippen LogP contribution in [0, 0.1) is 0 Å². The molecular weight excluding hydrogens is 446 g/mol. The lowest BCUT2D eigenvalue weighted by Gasteiger charge is -2.10. The zero-order valence-electron chi connectivity index (χ0n) is 17.3. The molecule has 2 aliphatic rings. The van der Waals surface area contributed by atoms with Crippen LogP contribution >= 0.6 is 22.9 Å². The second kappa shape index (κ2) is 7.53. The molecule has 8 nitrogen and oxygen atoms in total. The zero-order chi connectivity index (χ0) is 21.8. The summed E-state index contributed by atoms with van der Waals surface area (Å²) in [7, 11) is 0. The van der Waals surface area contributed by atoms with Gasteiger partial charge in [0.2, 0.25) is 0 Å². The summed E-state index contributed by atoms with van der Waals surface area (Å²) >= 11 is 7.76. The van der Waals surface area contributed by atoms with E-state index in [0.29, 0.717) is 33.4 Å². The van der Waals surface area contributed by atoms with Gasteiger partial charge in [0.1, 0.15) is 33.0 Å². The van der Waals surface area contributed by atoms with E-state index in [1.165, 1.54) is 24.2 Å². The van der Waals surface area contributed by atoms with Gasteiger partial charge in [-0.25, -0.2) is 9.97 Å². The highest BCUT2D eigenvalue weighted by Crippen LogP contribution is 2.40. The third kappa shape index (κ3) is 3.41. The minimum Gasteiger partial charge on any atom is -0.307 e. The van der Waals surface area contributed by atoms with E-state index in [0.717, 1.165) is 35.2 Å². The lowest BCUT2D eigenvalue weighted by Crippen LogP contribution is -2.13. The fourth-order valence-electron chi connectivity index (χ4n) is 4.10. The molecule has 10 heteroatoms. The summed E-state index contributed by atoms with van der Waals surface area (Å²) in [4.78, 5) is 22.0. The Hall–Kier alpha value is -3.04. The van der Waals surface area contributed by atoms with Gasteiger partial charge in [-0.05, 0) is 44.4 Å². The van der Waals surface area contributed by atoms with Crippen molar-refractivity contribution in [1.82, 2.24) is 29.3 Å². The van der Waals surface area contributed by atoms with E-state index >= 15 is 0 Å². The van der Waals surface area contributed by atoms with Crippen LogP contribution < -0.4 is 5.32 Å². The Morgan fingerprint density at radius 1 is 1.25 bits per heavy atom. The number of fused-ring (bicyclic) bond motifs is 1. The van der Waals surface area contributed by atoms with Crippen LogP contribution in [0.3, 0.4) is 0 Å². The van der Waals surface area contributed by atoms with E-state index in [1.807, 2.05) is 22.9 Å². The summed E-state index contributed by atoms with van der Waals surface area (Å²) in [5.41, 5.74) is 2.19. The van der Waals surface area contributed by atoms with E-state index in [1.54, 1.807) is 18.5 Å². The van der Waals surface area contributed by atoms with Crippen molar-refractivity contribution in [3.63, 3.8) is 0 Å². The number of anilines is 1. The highest BCUT2D eigenvalue weighted by molar-refractivity contribution is 7.19. The first-order valence-corrected chi connectivity index (χ1v) is 11.8. The van der Waals surface area contributed by atoms with Crippen LogP contribution in [-0.2, 0) is 6.42 Å². The quantitative estimate of drug-likeness (QED) is 0.453. The number of thiophene rings is 1. The largest absolute Gasteiger partial charge is 0.307 e. The van der Waals surface area contributed by atoms with Gasteiger partial charge in [0.25, 0.3) is 5.91 Å². The minimum atomic E-state index is -0.301. The molecule has 0 saturated heterocycles. The molecule has 1 atom stereocenters. The third-order valence-electron chi connectivity index (χ3n) is 5.98. The van der Waals surface area contributed by atoms with E-state index in [-0.39, 0.29) is 5.91 Å². The summed E-state index contributed by atoms with van der Waals surface area (Å²) in [5.74, 6) is 2.42. The zero-order valence-corrected chi connectivity index (χ0v) is 18.9. The summed E-state index contributed by atoms with van der Waals surface area (Å²) in [6.07, 6.45) is 8.15. The van der Waals surface area contributed by atoms with Crippen LogP contribution in [0.25, 0.3) is 16.5 Å². The van der Waals surface area contributed by atoms with Gasteiger partial charge >= 0.3 is 0 Å². The molecule has 4 aromatic heterocycles. The Labute approximate surface area is 193 Å². The van der Waals surface area contributed by atoms with Crippen molar-refractivity contribution in [1.29, 1.82) is 0 Å². The molecule has 162 valence electrons. The van der Waals surface area contributed by atoms with E-state index in [4.69, 9.17) is 11.6 Å². The average Bonchev–Trinajstić information content (AvgIpc) is 3.13. The molecule has 0 spiro atoms. The van der Waals surface area contributed by atoms with Gasteiger partial charge in [-0.15, -0.1) is 21.5 Å². The van der Waals surface area contributed by atoms with Crippen LogP contribution in [-0.4, -0.2) is 35.2 Å². The topological polar surface area (TPSA) is 90.5 Å². The summed E-state index contributed by atoms with van der Waals surface area (Å²) in [5, 5.41) is 12.3. The maximum absolute atomic E-state index is 13.0. The summed E-state index contributed by atoms with van der Waals surface area (Å²) in [6.45, 7) is 2.15. The smallest absolute Gasteiger partial charge is 0.259 e. The van der Waals surface area contributed by atoms with Crippen molar-refractivity contribution in [2.45, 2.75) is 44.6 Å². The molecule has 1 aliphatic carbocycles. The lowest BCUT2D eigenvalue weighted by atomic mass is 10.2. The van der Waals surface area contributed by atoms with Crippen LogP contribution in [0.2, 0.25) is 4.34 Å².